The van der Waals surface area contributed by atoms with Gasteiger partial charge in [-0.3, -0.25) is 0 Å². The molecule has 0 unspecified atom stereocenters. The summed E-state index contributed by atoms with van der Waals surface area (Å²) in [6.07, 6.45) is 1.65. The van der Waals surface area contributed by atoms with Crippen LogP contribution in [0.3, 0.4) is 0 Å². The van der Waals surface area contributed by atoms with Gasteiger partial charge in [-0.1, -0.05) is 40.9 Å². The highest BCUT2D eigenvalue weighted by Gasteiger charge is 2.06. The number of nitrogens with one attached hydrogen (secondary N) is 1. The predicted molar refractivity (Wildman–Crippen MR) is 80.7 cm³/mol. The molecule has 2 aromatic rings. The second kappa shape index (κ2) is 6.11. The average Bonchev–Trinajstić information content (AvgIpc) is 2.33. The molecule has 1 aromatic heterocycles. The minimum atomic E-state index is 0.427. The van der Waals surface area contributed by atoms with Crippen molar-refractivity contribution in [1.82, 2.24) is 4.98 Å². The Kier molecular flexibility index (Phi) is 4.73. The van der Waals surface area contributed by atoms with Crippen LogP contribution < -0.4 is 5.32 Å². The number of halogens is 4. The van der Waals surface area contributed by atoms with Crippen molar-refractivity contribution in [2.45, 2.75) is 6.54 Å². The number of anilines is 1. The maximum atomic E-state index is 6.08. The quantitative estimate of drug-likeness (QED) is 0.734. The van der Waals surface area contributed by atoms with E-state index < -0.39 is 0 Å². The minimum Gasteiger partial charge on any atom is -0.380 e. The topological polar surface area (TPSA) is 24.9 Å². The van der Waals surface area contributed by atoms with Gasteiger partial charge in [0.25, 0.3) is 0 Å². The van der Waals surface area contributed by atoms with Gasteiger partial charge in [0.15, 0.2) is 0 Å². The van der Waals surface area contributed by atoms with Crippen LogP contribution in [0.4, 0.5) is 5.69 Å². The molecule has 0 saturated carbocycles. The van der Waals surface area contributed by atoms with Crippen LogP contribution in [0, 0.1) is 0 Å². The van der Waals surface area contributed by atoms with E-state index in [2.05, 4.69) is 26.2 Å². The van der Waals surface area contributed by atoms with Crippen molar-refractivity contribution in [3.8, 4) is 0 Å². The number of hydrogen-bond donors (Lipinski definition) is 1. The van der Waals surface area contributed by atoms with Crippen molar-refractivity contribution in [3.05, 3.63) is 55.7 Å². The first-order valence-corrected chi connectivity index (χ1v) is 6.98. The normalized spacial score (nSPS) is 10.4. The lowest BCUT2D eigenvalue weighted by molar-refractivity contribution is 1.13. The number of hydrogen-bond acceptors (Lipinski definition) is 2. The van der Waals surface area contributed by atoms with Crippen molar-refractivity contribution in [2.24, 2.45) is 0 Å². The first-order chi connectivity index (χ1) is 8.58. The summed E-state index contributed by atoms with van der Waals surface area (Å²) in [6.45, 7) is 0.522. The molecular formula is C12H8BrCl3N2. The molecule has 0 aliphatic carbocycles. The summed E-state index contributed by atoms with van der Waals surface area (Å²) in [6, 6.07) is 7.27. The Bertz CT molecular complexity index is 555. The Balaban J connectivity index is 2.14. The summed E-state index contributed by atoms with van der Waals surface area (Å²) < 4.78 is 0.736. The molecule has 0 bridgehead atoms. The van der Waals surface area contributed by atoms with Gasteiger partial charge in [0.05, 0.1) is 16.4 Å². The molecule has 6 heteroatoms. The standard InChI is InChI=1S/C12H8BrCl3N2/c13-9-4-7(5-18-12(9)16)17-6-8-10(14)2-1-3-11(8)15/h1-5,17H,6H2. The molecule has 1 heterocycles. The zero-order valence-corrected chi connectivity index (χ0v) is 12.9. The van der Waals surface area contributed by atoms with E-state index in [1.165, 1.54) is 0 Å². The average molecular weight is 366 g/mol. The van der Waals surface area contributed by atoms with Crippen molar-refractivity contribution < 1.29 is 0 Å². The maximum Gasteiger partial charge on any atom is 0.143 e. The van der Waals surface area contributed by atoms with Crippen LogP contribution in [0.25, 0.3) is 0 Å². The molecule has 1 N–H and O–H groups in total. The molecule has 2 nitrogen and oxygen atoms in total. The number of aromatic nitrogens is 1. The van der Waals surface area contributed by atoms with Gasteiger partial charge in [-0.15, -0.1) is 0 Å². The van der Waals surface area contributed by atoms with Gasteiger partial charge in [0, 0.05) is 22.2 Å². The highest BCUT2D eigenvalue weighted by Crippen LogP contribution is 2.27. The summed E-state index contributed by atoms with van der Waals surface area (Å²) in [5.41, 5.74) is 1.69. The summed E-state index contributed by atoms with van der Waals surface area (Å²) in [5.74, 6) is 0. The second-order valence-electron chi connectivity index (χ2n) is 3.55. The van der Waals surface area contributed by atoms with E-state index in [-0.39, 0.29) is 0 Å². The van der Waals surface area contributed by atoms with E-state index in [1.807, 2.05) is 12.1 Å². The van der Waals surface area contributed by atoms with Gasteiger partial charge < -0.3 is 5.32 Å². The molecule has 2 rings (SSSR count). The third-order valence-electron chi connectivity index (χ3n) is 2.33. The summed E-state index contributed by atoms with van der Waals surface area (Å²) in [5, 5.41) is 4.89. The van der Waals surface area contributed by atoms with Gasteiger partial charge >= 0.3 is 0 Å². The van der Waals surface area contributed by atoms with Crippen LogP contribution in [0.15, 0.2) is 34.9 Å². The lowest BCUT2D eigenvalue weighted by Crippen LogP contribution is -2.01. The van der Waals surface area contributed by atoms with Crippen LogP contribution in [-0.2, 0) is 6.54 Å². The van der Waals surface area contributed by atoms with Crippen molar-refractivity contribution in [3.63, 3.8) is 0 Å². The minimum absolute atomic E-state index is 0.427. The van der Waals surface area contributed by atoms with E-state index in [1.54, 1.807) is 18.3 Å². The summed E-state index contributed by atoms with van der Waals surface area (Å²) in [4.78, 5) is 4.03. The lowest BCUT2D eigenvalue weighted by Gasteiger charge is -2.10. The fourth-order valence-corrected chi connectivity index (χ4v) is 2.39. The summed E-state index contributed by atoms with van der Waals surface area (Å²) >= 11 is 21.3. The Morgan fingerprint density at radius 3 is 2.44 bits per heavy atom. The molecule has 0 fully saturated rings. The first kappa shape index (κ1) is 13.9. The molecule has 0 aliphatic heterocycles. The highest BCUT2D eigenvalue weighted by molar-refractivity contribution is 9.10. The monoisotopic (exact) mass is 364 g/mol. The smallest absolute Gasteiger partial charge is 0.143 e. The molecule has 94 valence electrons. The van der Waals surface area contributed by atoms with Crippen LogP contribution in [0.2, 0.25) is 15.2 Å². The lowest BCUT2D eigenvalue weighted by atomic mass is 10.2. The van der Waals surface area contributed by atoms with Crippen LogP contribution >= 0.6 is 50.7 Å². The predicted octanol–water partition coefficient (Wildman–Crippen LogP) is 5.42. The fourth-order valence-electron chi connectivity index (χ4n) is 1.41. The van der Waals surface area contributed by atoms with Crippen molar-refractivity contribution >= 4 is 56.4 Å². The van der Waals surface area contributed by atoms with Gasteiger partial charge in [0.1, 0.15) is 5.15 Å². The molecule has 1 aromatic carbocycles. The number of rotatable bonds is 3. The molecule has 0 atom stereocenters. The van der Waals surface area contributed by atoms with Gasteiger partial charge in [-0.05, 0) is 34.1 Å². The van der Waals surface area contributed by atoms with Gasteiger partial charge in [-0.25, -0.2) is 4.98 Å². The van der Waals surface area contributed by atoms with Crippen LogP contribution in [-0.4, -0.2) is 4.98 Å². The Hall–Kier alpha value is -0.480. The molecule has 18 heavy (non-hydrogen) atoms. The number of benzene rings is 1. The maximum absolute atomic E-state index is 6.08. The molecule has 0 aliphatic rings. The SMILES string of the molecule is Clc1cccc(Cl)c1CNc1cnc(Cl)c(Br)c1. The second-order valence-corrected chi connectivity index (χ2v) is 5.58. The third-order valence-corrected chi connectivity index (χ3v) is 4.17. The summed E-state index contributed by atoms with van der Waals surface area (Å²) in [7, 11) is 0. The van der Waals surface area contributed by atoms with Crippen molar-refractivity contribution in [2.75, 3.05) is 5.32 Å². The molecule has 0 saturated heterocycles. The Morgan fingerprint density at radius 2 is 1.83 bits per heavy atom. The highest BCUT2D eigenvalue weighted by atomic mass is 79.9. The third kappa shape index (κ3) is 3.29. The molecular weight excluding hydrogens is 358 g/mol. The molecule has 0 amide bonds. The van der Waals surface area contributed by atoms with Gasteiger partial charge in [-0.2, -0.15) is 0 Å². The first-order valence-electron chi connectivity index (χ1n) is 5.05. The van der Waals surface area contributed by atoms with E-state index in [9.17, 15) is 0 Å². The Labute approximate surface area is 128 Å². The van der Waals surface area contributed by atoms with Gasteiger partial charge in [0.2, 0.25) is 0 Å². The molecule has 0 spiro atoms. The van der Waals surface area contributed by atoms with Crippen LogP contribution in [0.1, 0.15) is 5.56 Å². The Morgan fingerprint density at radius 1 is 1.17 bits per heavy atom. The van der Waals surface area contributed by atoms with E-state index >= 15 is 0 Å². The van der Waals surface area contributed by atoms with E-state index in [4.69, 9.17) is 34.8 Å². The van der Waals surface area contributed by atoms with E-state index in [0.717, 1.165) is 15.7 Å². The number of pyridine rings is 1. The molecule has 0 radical (unpaired) electrons. The number of nitrogens with zero attached hydrogens (tertiary/aromatic N) is 1. The van der Waals surface area contributed by atoms with Crippen LogP contribution in [0.5, 0.6) is 0 Å². The fraction of sp³-hybridized carbons (Fsp3) is 0.0833. The van der Waals surface area contributed by atoms with Crippen molar-refractivity contribution in [1.29, 1.82) is 0 Å². The largest absolute Gasteiger partial charge is 0.380 e. The van der Waals surface area contributed by atoms with E-state index in [0.29, 0.717) is 21.7 Å². The zero-order valence-electron chi connectivity index (χ0n) is 9.05. The zero-order chi connectivity index (χ0) is 13.1.